The van der Waals surface area contributed by atoms with E-state index in [2.05, 4.69) is 15.3 Å². The highest BCUT2D eigenvalue weighted by atomic mass is 28.1. The van der Waals surface area contributed by atoms with Gasteiger partial charge in [-0.25, -0.2) is 17.9 Å². The zero-order chi connectivity index (χ0) is 39.4. The van der Waals surface area contributed by atoms with Gasteiger partial charge < -0.3 is 4.74 Å². The van der Waals surface area contributed by atoms with Crippen LogP contribution in [0.25, 0.3) is 11.1 Å². The van der Waals surface area contributed by atoms with Gasteiger partial charge in [0.1, 0.15) is 11.9 Å². The fraction of sp³-hybridized carbons (Fsp3) is 0.538. The maximum absolute atomic E-state index is 16.1. The van der Waals surface area contributed by atoms with Crippen LogP contribution in [0.2, 0.25) is 6.04 Å². The molecule has 1 fully saturated rings. The highest BCUT2D eigenvalue weighted by Gasteiger charge is 2.43. The number of aromatic nitrogens is 2. The summed E-state index contributed by atoms with van der Waals surface area (Å²) in [7, 11) is 3.54. The van der Waals surface area contributed by atoms with E-state index in [-0.39, 0.29) is 68.6 Å². The monoisotopic (exact) mass is 762 g/mol. The number of rotatable bonds is 16. The molecular formula is C39H46F6N3O4Si. The lowest BCUT2D eigenvalue weighted by Crippen LogP contribution is -2.56. The number of ketones is 1. The third-order valence-electron chi connectivity index (χ3n) is 9.92. The highest BCUT2D eigenvalue weighted by molar-refractivity contribution is 6.09. The Hall–Kier alpha value is -3.78. The molecule has 0 spiro atoms. The van der Waals surface area contributed by atoms with E-state index >= 15 is 4.39 Å². The van der Waals surface area contributed by atoms with Gasteiger partial charge >= 0.3 is 12.1 Å². The minimum absolute atomic E-state index is 0.0170. The zero-order valence-corrected chi connectivity index (χ0v) is 31.9. The molecule has 14 heteroatoms. The van der Waals surface area contributed by atoms with Crippen molar-refractivity contribution >= 4 is 22.0 Å². The molecule has 0 bridgehead atoms. The lowest BCUT2D eigenvalue weighted by Gasteiger charge is -2.38. The number of Topliss-reactive ketones (excluding diaryl/α,β-unsaturated/α-hetero) is 1. The van der Waals surface area contributed by atoms with Gasteiger partial charge in [0.2, 0.25) is 0 Å². The van der Waals surface area contributed by atoms with E-state index in [4.69, 9.17) is 4.74 Å². The minimum atomic E-state index is -5.06. The molecule has 2 aromatic carbocycles. The fourth-order valence-corrected chi connectivity index (χ4v) is 7.83. The summed E-state index contributed by atoms with van der Waals surface area (Å²) in [5, 5.41) is 4.53. The molecule has 1 aliphatic rings. The van der Waals surface area contributed by atoms with E-state index in [1.807, 2.05) is 13.8 Å². The molecule has 4 rings (SSSR count). The van der Waals surface area contributed by atoms with E-state index < -0.39 is 65.1 Å². The normalized spacial score (nSPS) is 16.3. The van der Waals surface area contributed by atoms with Gasteiger partial charge in [0.05, 0.1) is 37.4 Å². The maximum Gasteiger partial charge on any atom is 0.419 e. The smallest absolute Gasteiger partial charge is 0.419 e. The number of carbonyl (C=O) groups is 2. The number of halogens is 6. The summed E-state index contributed by atoms with van der Waals surface area (Å²) in [5.74, 6) is -7.36. The summed E-state index contributed by atoms with van der Waals surface area (Å²) in [5.41, 5.74) is 0.275. The summed E-state index contributed by atoms with van der Waals surface area (Å²) >= 11 is 0. The van der Waals surface area contributed by atoms with Gasteiger partial charge in [0, 0.05) is 35.2 Å². The van der Waals surface area contributed by atoms with Crippen molar-refractivity contribution in [3.05, 3.63) is 86.1 Å². The Labute approximate surface area is 309 Å². The van der Waals surface area contributed by atoms with E-state index in [0.717, 1.165) is 10.7 Å². The standard InChI is InChI=1S/C39H46F6N3O4Si/c1-7-52-33(50)18-26(29-16-27(17-31(35(29)40)39(43,44)45)34-23(4)9-8-10-24(34)5)11-12-32(49)36(30(19-53)22(2)3)48-37(51)25(6)15-28(46-48)13-14-47-20-38(41,42)21-47/h8-10,15-17,22,26,30,36H,7,11-14,18-21H2,1-6H3/t26-,30?,36-/m0/s1. The van der Waals surface area contributed by atoms with Crippen molar-refractivity contribution in [1.82, 2.24) is 14.7 Å². The van der Waals surface area contributed by atoms with Gasteiger partial charge in [-0.1, -0.05) is 38.1 Å². The number of ether oxygens (including phenoxy) is 1. The number of alkyl halides is 5. The Balaban J connectivity index is 1.76. The third-order valence-corrected chi connectivity index (χ3v) is 10.4. The first kappa shape index (κ1) is 42.0. The summed E-state index contributed by atoms with van der Waals surface area (Å²) in [6.07, 6.45) is -5.88. The van der Waals surface area contributed by atoms with E-state index in [9.17, 15) is 36.3 Å². The van der Waals surface area contributed by atoms with Crippen molar-refractivity contribution in [1.29, 1.82) is 0 Å². The van der Waals surface area contributed by atoms with Gasteiger partial charge in [0.15, 0.2) is 5.78 Å². The minimum Gasteiger partial charge on any atom is -0.466 e. The summed E-state index contributed by atoms with van der Waals surface area (Å²) in [6, 6.07) is 8.02. The van der Waals surface area contributed by atoms with Crippen molar-refractivity contribution in [2.45, 2.75) is 97.3 Å². The van der Waals surface area contributed by atoms with Crippen LogP contribution in [0.1, 0.15) is 85.5 Å². The molecule has 1 saturated heterocycles. The van der Waals surface area contributed by atoms with Crippen LogP contribution < -0.4 is 5.56 Å². The highest BCUT2D eigenvalue weighted by Crippen LogP contribution is 2.42. The van der Waals surface area contributed by atoms with Crippen molar-refractivity contribution in [3.8, 4) is 11.1 Å². The molecule has 0 saturated carbocycles. The van der Waals surface area contributed by atoms with E-state index in [1.165, 1.54) is 6.07 Å². The number of hydrogen-bond donors (Lipinski definition) is 0. The second-order valence-electron chi connectivity index (χ2n) is 14.3. The van der Waals surface area contributed by atoms with E-state index in [1.54, 1.807) is 56.9 Å². The molecule has 3 radical (unpaired) electrons. The second-order valence-corrected chi connectivity index (χ2v) is 14.8. The molecule has 1 aliphatic heterocycles. The van der Waals surface area contributed by atoms with Crippen molar-refractivity contribution in [2.24, 2.45) is 11.8 Å². The first-order valence-corrected chi connectivity index (χ1v) is 18.5. The van der Waals surface area contributed by atoms with E-state index in [0.29, 0.717) is 27.9 Å². The van der Waals surface area contributed by atoms with Crippen molar-refractivity contribution < 1.29 is 40.7 Å². The number of likely N-dealkylation sites (tertiary alicyclic amines) is 1. The first-order valence-electron chi connectivity index (χ1n) is 17.8. The number of nitrogens with zero attached hydrogens (tertiary/aromatic N) is 3. The number of aryl methyl sites for hydroxylation is 3. The molecule has 1 unspecified atom stereocenters. The summed E-state index contributed by atoms with van der Waals surface area (Å²) in [4.78, 5) is 42.4. The predicted molar refractivity (Wildman–Crippen MR) is 191 cm³/mol. The van der Waals surface area contributed by atoms with Crippen LogP contribution >= 0.6 is 0 Å². The summed E-state index contributed by atoms with van der Waals surface area (Å²) < 4.78 is 92.3. The topological polar surface area (TPSA) is 81.5 Å². The molecule has 3 aromatic rings. The predicted octanol–water partition coefficient (Wildman–Crippen LogP) is 7.97. The van der Waals surface area contributed by atoms with Crippen LogP contribution in [-0.2, 0) is 26.9 Å². The summed E-state index contributed by atoms with van der Waals surface area (Å²) in [6.45, 7) is 9.84. The molecule has 0 aliphatic carbocycles. The van der Waals surface area contributed by atoms with Crippen LogP contribution in [0, 0.1) is 38.4 Å². The lowest BCUT2D eigenvalue weighted by molar-refractivity contribution is -0.143. The van der Waals surface area contributed by atoms with Gasteiger partial charge in [-0.05, 0) is 97.9 Å². The Morgan fingerprint density at radius 1 is 1.04 bits per heavy atom. The maximum atomic E-state index is 16.1. The molecular weight excluding hydrogens is 717 g/mol. The Bertz CT molecular complexity index is 1830. The number of hydrogen-bond acceptors (Lipinski definition) is 6. The average molecular weight is 763 g/mol. The number of esters is 1. The third kappa shape index (κ3) is 10.1. The Morgan fingerprint density at radius 3 is 2.23 bits per heavy atom. The van der Waals surface area contributed by atoms with Crippen LogP contribution in [0.3, 0.4) is 0 Å². The molecule has 2 heterocycles. The number of carbonyl (C=O) groups excluding carboxylic acids is 2. The SMILES string of the molecule is CCOC(=O)C[C@H](CCC(=O)[C@H](C(C[Si])C(C)C)n1nc(CCN2CC(F)(F)C2)cc(C)c1=O)c1cc(-c2c(C)cccc2C)cc(C(F)(F)F)c1F. The average Bonchev–Trinajstić information content (AvgIpc) is 3.05. The molecule has 3 atom stereocenters. The molecule has 0 N–H and O–H groups in total. The van der Waals surface area contributed by atoms with Crippen LogP contribution in [0.15, 0.2) is 41.2 Å². The Kier molecular flexibility index (Phi) is 13.6. The molecule has 1 aromatic heterocycles. The van der Waals surface area contributed by atoms with Crippen molar-refractivity contribution in [2.75, 3.05) is 26.2 Å². The zero-order valence-electron chi connectivity index (χ0n) is 30.9. The largest absolute Gasteiger partial charge is 0.466 e. The van der Waals surface area contributed by atoms with Crippen LogP contribution in [-0.4, -0.2) is 68.8 Å². The molecule has 287 valence electrons. The quantitative estimate of drug-likeness (QED) is 0.0837. The van der Waals surface area contributed by atoms with Crippen LogP contribution in [0.5, 0.6) is 0 Å². The van der Waals surface area contributed by atoms with Gasteiger partial charge in [-0.3, -0.25) is 19.3 Å². The number of benzene rings is 2. The molecule has 0 amide bonds. The lowest BCUT2D eigenvalue weighted by atomic mass is 9.82. The van der Waals surface area contributed by atoms with Crippen LogP contribution in [0.4, 0.5) is 26.3 Å². The van der Waals surface area contributed by atoms with Gasteiger partial charge in [-0.2, -0.15) is 18.3 Å². The molecule has 53 heavy (non-hydrogen) atoms. The Morgan fingerprint density at radius 2 is 1.68 bits per heavy atom. The van der Waals surface area contributed by atoms with Gasteiger partial charge in [-0.15, -0.1) is 0 Å². The second kappa shape index (κ2) is 17.1. The molecule has 7 nitrogen and oxygen atoms in total. The van der Waals surface area contributed by atoms with Crippen molar-refractivity contribution in [3.63, 3.8) is 0 Å². The fourth-order valence-electron chi connectivity index (χ4n) is 7.14. The van der Waals surface area contributed by atoms with Gasteiger partial charge in [0.25, 0.3) is 11.5 Å². The first-order chi connectivity index (χ1) is 24.8.